The third-order valence-electron chi connectivity index (χ3n) is 4.22. The average molecular weight is 443 g/mol. The molecule has 0 atom stereocenters. The van der Waals surface area contributed by atoms with E-state index in [4.69, 9.17) is 4.52 Å². The molecule has 0 fully saturated rings. The van der Waals surface area contributed by atoms with Crippen LogP contribution in [0.15, 0.2) is 47.0 Å². The molecule has 0 saturated carbocycles. The highest BCUT2D eigenvalue weighted by atomic mass is 19.4. The number of aryl methyl sites for hydroxylation is 2. The monoisotopic (exact) mass is 443 g/mol. The Balaban J connectivity index is 1.68. The molecule has 3 aromatic rings. The first-order chi connectivity index (χ1) is 14.4. The van der Waals surface area contributed by atoms with Gasteiger partial charge in [-0.1, -0.05) is 35.0 Å². The van der Waals surface area contributed by atoms with E-state index in [9.17, 15) is 31.1 Å². The van der Waals surface area contributed by atoms with Crippen LogP contribution in [0.25, 0.3) is 11.4 Å². The Morgan fingerprint density at radius 1 is 0.968 bits per heavy atom. The van der Waals surface area contributed by atoms with Crippen molar-refractivity contribution in [2.45, 2.75) is 32.1 Å². The maximum atomic E-state index is 12.9. The van der Waals surface area contributed by atoms with E-state index in [0.717, 1.165) is 5.56 Å². The van der Waals surface area contributed by atoms with Crippen LogP contribution in [0.1, 0.15) is 29.0 Å². The van der Waals surface area contributed by atoms with E-state index in [1.807, 2.05) is 19.1 Å². The standard InChI is InChI=1S/C20H15F6N3O2/c1-11-2-4-12(5-3-11)18-28-17(31-29-18)7-6-16(30)27-15-9-13(19(21,22)23)8-14(10-15)20(24,25)26/h2-5,8-10H,6-7H2,1H3,(H,27,30). The first kappa shape index (κ1) is 22.3. The summed E-state index contributed by atoms with van der Waals surface area (Å²) < 4.78 is 82.4. The van der Waals surface area contributed by atoms with E-state index in [-0.39, 0.29) is 24.8 Å². The molecule has 0 aliphatic heterocycles. The predicted octanol–water partition coefficient (Wildman–Crippen LogP) is 5.65. The molecule has 1 aromatic heterocycles. The summed E-state index contributed by atoms with van der Waals surface area (Å²) in [7, 11) is 0. The quantitative estimate of drug-likeness (QED) is 0.517. The molecule has 0 bridgehead atoms. The molecule has 0 aliphatic carbocycles. The van der Waals surface area contributed by atoms with Crippen LogP contribution in [0.3, 0.4) is 0 Å². The van der Waals surface area contributed by atoms with Crippen molar-refractivity contribution < 1.29 is 35.7 Å². The fourth-order valence-electron chi connectivity index (χ4n) is 2.65. The second kappa shape index (κ2) is 8.40. The van der Waals surface area contributed by atoms with E-state index in [0.29, 0.717) is 23.5 Å². The molecule has 11 heteroatoms. The lowest BCUT2D eigenvalue weighted by atomic mass is 10.1. The summed E-state index contributed by atoms with van der Waals surface area (Å²) in [6.07, 6.45) is -10.3. The Hall–Kier alpha value is -3.37. The minimum Gasteiger partial charge on any atom is -0.339 e. The minimum absolute atomic E-state index is 0.0132. The van der Waals surface area contributed by atoms with Gasteiger partial charge in [-0.2, -0.15) is 31.3 Å². The number of hydrogen-bond acceptors (Lipinski definition) is 4. The number of nitrogens with zero attached hydrogens (tertiary/aromatic N) is 2. The molecule has 3 rings (SSSR count). The van der Waals surface area contributed by atoms with Crippen molar-refractivity contribution >= 4 is 11.6 Å². The Morgan fingerprint density at radius 2 is 1.55 bits per heavy atom. The van der Waals surface area contributed by atoms with Gasteiger partial charge in [-0.3, -0.25) is 4.79 Å². The molecule has 5 nitrogen and oxygen atoms in total. The Kier molecular flexibility index (Phi) is 6.05. The number of rotatable bonds is 5. The van der Waals surface area contributed by atoms with Gasteiger partial charge in [-0.05, 0) is 25.1 Å². The SMILES string of the molecule is Cc1ccc(-c2noc(CCC(=O)Nc3cc(C(F)(F)F)cc(C(F)(F)F)c3)n2)cc1. The Labute approximate surface area is 172 Å². The number of aromatic nitrogens is 2. The van der Waals surface area contributed by atoms with Crippen LogP contribution in [0.4, 0.5) is 32.0 Å². The Morgan fingerprint density at radius 3 is 2.10 bits per heavy atom. The van der Waals surface area contributed by atoms with Crippen LogP contribution in [0.5, 0.6) is 0 Å². The van der Waals surface area contributed by atoms with Crippen LogP contribution in [-0.4, -0.2) is 16.0 Å². The molecule has 31 heavy (non-hydrogen) atoms. The van der Waals surface area contributed by atoms with Crippen molar-refractivity contribution in [2.75, 3.05) is 5.32 Å². The number of benzene rings is 2. The molecule has 2 aromatic carbocycles. The molecular weight excluding hydrogens is 428 g/mol. The van der Waals surface area contributed by atoms with E-state index in [1.165, 1.54) is 0 Å². The minimum atomic E-state index is -5.00. The summed E-state index contributed by atoms with van der Waals surface area (Å²) in [5.74, 6) is -0.406. The lowest BCUT2D eigenvalue weighted by molar-refractivity contribution is -0.143. The number of anilines is 1. The summed E-state index contributed by atoms with van der Waals surface area (Å²) >= 11 is 0. The van der Waals surface area contributed by atoms with Crippen molar-refractivity contribution in [3.05, 3.63) is 65.0 Å². The zero-order chi connectivity index (χ0) is 22.8. The van der Waals surface area contributed by atoms with E-state index >= 15 is 0 Å². The predicted molar refractivity (Wildman–Crippen MR) is 97.9 cm³/mol. The molecule has 0 unspecified atom stereocenters. The number of alkyl halides is 6. The number of hydrogen-bond donors (Lipinski definition) is 1. The van der Waals surface area contributed by atoms with Crippen LogP contribution < -0.4 is 5.32 Å². The molecule has 0 radical (unpaired) electrons. The van der Waals surface area contributed by atoms with Gasteiger partial charge >= 0.3 is 12.4 Å². The first-order valence-electron chi connectivity index (χ1n) is 8.91. The smallest absolute Gasteiger partial charge is 0.339 e. The fraction of sp³-hybridized carbons (Fsp3) is 0.250. The van der Waals surface area contributed by atoms with Gasteiger partial charge < -0.3 is 9.84 Å². The van der Waals surface area contributed by atoms with Crippen LogP contribution in [0.2, 0.25) is 0 Å². The molecular formula is C20H15F6N3O2. The van der Waals surface area contributed by atoms with Crippen LogP contribution in [-0.2, 0) is 23.6 Å². The van der Waals surface area contributed by atoms with E-state index < -0.39 is 35.1 Å². The molecule has 1 amide bonds. The highest BCUT2D eigenvalue weighted by Gasteiger charge is 2.37. The highest BCUT2D eigenvalue weighted by molar-refractivity contribution is 5.91. The normalized spacial score (nSPS) is 12.1. The number of amides is 1. The maximum absolute atomic E-state index is 12.9. The fourth-order valence-corrected chi connectivity index (χ4v) is 2.65. The lowest BCUT2D eigenvalue weighted by Crippen LogP contribution is -2.16. The summed E-state index contributed by atoms with van der Waals surface area (Å²) in [6, 6.07) is 8.13. The topological polar surface area (TPSA) is 68.0 Å². The highest BCUT2D eigenvalue weighted by Crippen LogP contribution is 2.37. The molecule has 1 N–H and O–H groups in total. The van der Waals surface area contributed by atoms with Crippen molar-refractivity contribution in [3.63, 3.8) is 0 Å². The summed E-state index contributed by atoms with van der Waals surface area (Å²) in [4.78, 5) is 16.2. The first-order valence-corrected chi connectivity index (χ1v) is 8.91. The van der Waals surface area contributed by atoms with Crippen molar-refractivity contribution in [3.8, 4) is 11.4 Å². The largest absolute Gasteiger partial charge is 0.416 e. The molecule has 0 saturated heterocycles. The molecule has 1 heterocycles. The van der Waals surface area contributed by atoms with Crippen LogP contribution >= 0.6 is 0 Å². The van der Waals surface area contributed by atoms with Gasteiger partial charge in [0.15, 0.2) is 0 Å². The maximum Gasteiger partial charge on any atom is 0.416 e. The Bertz CT molecular complexity index is 1040. The molecule has 0 spiro atoms. The van der Waals surface area contributed by atoms with Gasteiger partial charge in [-0.25, -0.2) is 0 Å². The number of carbonyl (C=O) groups excluding carboxylic acids is 1. The summed E-state index contributed by atoms with van der Waals surface area (Å²) in [5, 5.41) is 5.84. The van der Waals surface area contributed by atoms with Gasteiger partial charge in [0.2, 0.25) is 17.6 Å². The summed E-state index contributed by atoms with van der Waals surface area (Å²) in [5.41, 5.74) is -1.92. The van der Waals surface area contributed by atoms with E-state index in [1.54, 1.807) is 12.1 Å². The van der Waals surface area contributed by atoms with Gasteiger partial charge in [-0.15, -0.1) is 0 Å². The number of nitrogens with one attached hydrogen (secondary N) is 1. The lowest BCUT2D eigenvalue weighted by Gasteiger charge is -2.14. The van der Waals surface area contributed by atoms with Crippen LogP contribution in [0, 0.1) is 6.92 Å². The summed E-state index contributed by atoms with van der Waals surface area (Å²) in [6.45, 7) is 1.91. The second-order valence-corrected chi connectivity index (χ2v) is 6.72. The molecule has 164 valence electrons. The van der Waals surface area contributed by atoms with Gasteiger partial charge in [0.25, 0.3) is 0 Å². The third-order valence-corrected chi connectivity index (χ3v) is 4.22. The van der Waals surface area contributed by atoms with Crippen molar-refractivity contribution in [2.24, 2.45) is 0 Å². The van der Waals surface area contributed by atoms with Gasteiger partial charge in [0.1, 0.15) is 0 Å². The average Bonchev–Trinajstić information content (AvgIpc) is 3.14. The number of carbonyl (C=O) groups is 1. The van der Waals surface area contributed by atoms with E-state index in [2.05, 4.69) is 15.5 Å². The van der Waals surface area contributed by atoms with Crippen molar-refractivity contribution in [1.29, 1.82) is 0 Å². The zero-order valence-electron chi connectivity index (χ0n) is 15.9. The zero-order valence-corrected chi connectivity index (χ0v) is 15.9. The third kappa shape index (κ3) is 5.83. The second-order valence-electron chi connectivity index (χ2n) is 6.72. The van der Waals surface area contributed by atoms with Gasteiger partial charge in [0.05, 0.1) is 11.1 Å². The van der Waals surface area contributed by atoms with Gasteiger partial charge in [0, 0.05) is 24.1 Å². The number of halogens is 6. The molecule has 0 aliphatic rings. The van der Waals surface area contributed by atoms with Crippen molar-refractivity contribution in [1.82, 2.24) is 10.1 Å².